The number of carbonyl (C=O) groups excluding carboxylic acids is 1. The molecule has 0 aliphatic carbocycles. The average molecular weight is 313 g/mol. The number of rotatable bonds is 7. The maximum absolute atomic E-state index is 12.1. The van der Waals surface area contributed by atoms with Gasteiger partial charge in [0.1, 0.15) is 17.2 Å². The van der Waals surface area contributed by atoms with Crippen molar-refractivity contribution in [3.8, 4) is 17.2 Å². The molecule has 0 saturated heterocycles. The molecular formula is C18H19NO4. The molecule has 0 aliphatic rings. The summed E-state index contributed by atoms with van der Waals surface area (Å²) in [5.41, 5.74) is 1.27. The van der Waals surface area contributed by atoms with Crippen LogP contribution in [0.25, 0.3) is 0 Å². The van der Waals surface area contributed by atoms with Gasteiger partial charge >= 0.3 is 0 Å². The first-order valence-electron chi connectivity index (χ1n) is 7.01. The van der Waals surface area contributed by atoms with E-state index >= 15 is 0 Å². The quantitative estimate of drug-likeness (QED) is 0.626. The summed E-state index contributed by atoms with van der Waals surface area (Å²) in [4.78, 5) is 12.1. The number of benzene rings is 2. The highest BCUT2D eigenvalue weighted by molar-refractivity contribution is 6.04. The Labute approximate surface area is 135 Å². The second-order valence-corrected chi connectivity index (χ2v) is 4.64. The molecule has 0 amide bonds. The topological polar surface area (TPSA) is 56.8 Å². The number of carbonyl (C=O) groups is 1. The highest BCUT2D eigenvalue weighted by Gasteiger charge is 2.05. The minimum Gasteiger partial charge on any atom is -0.497 e. The number of ketones is 1. The Morgan fingerprint density at radius 1 is 0.957 bits per heavy atom. The summed E-state index contributed by atoms with van der Waals surface area (Å²) in [6.45, 7) is 0. The molecule has 5 heteroatoms. The van der Waals surface area contributed by atoms with Crippen LogP contribution in [0.1, 0.15) is 10.4 Å². The minimum absolute atomic E-state index is 0.127. The average Bonchev–Trinajstić information content (AvgIpc) is 2.61. The highest BCUT2D eigenvalue weighted by Crippen LogP contribution is 2.28. The number of allylic oxidation sites excluding steroid dienone is 1. The van der Waals surface area contributed by atoms with Gasteiger partial charge in [-0.25, -0.2) is 0 Å². The lowest BCUT2D eigenvalue weighted by atomic mass is 10.1. The maximum atomic E-state index is 12.1. The fourth-order valence-corrected chi connectivity index (χ4v) is 2.01. The van der Waals surface area contributed by atoms with Crippen molar-refractivity contribution < 1.29 is 19.0 Å². The molecular weight excluding hydrogens is 294 g/mol. The van der Waals surface area contributed by atoms with E-state index in [0.29, 0.717) is 28.5 Å². The fraction of sp³-hybridized carbons (Fsp3) is 0.167. The van der Waals surface area contributed by atoms with E-state index in [9.17, 15) is 4.79 Å². The summed E-state index contributed by atoms with van der Waals surface area (Å²) < 4.78 is 15.6. The predicted molar refractivity (Wildman–Crippen MR) is 89.6 cm³/mol. The molecule has 0 aliphatic heterocycles. The highest BCUT2D eigenvalue weighted by atomic mass is 16.5. The van der Waals surface area contributed by atoms with Gasteiger partial charge in [0.15, 0.2) is 5.78 Å². The summed E-state index contributed by atoms with van der Waals surface area (Å²) in [7, 11) is 4.74. The number of hydrogen-bond acceptors (Lipinski definition) is 5. The van der Waals surface area contributed by atoms with Crippen molar-refractivity contribution in [2.24, 2.45) is 0 Å². The monoisotopic (exact) mass is 313 g/mol. The molecule has 2 aromatic carbocycles. The van der Waals surface area contributed by atoms with Gasteiger partial charge in [0.2, 0.25) is 0 Å². The molecule has 0 aromatic heterocycles. The first-order valence-corrected chi connectivity index (χ1v) is 7.01. The molecule has 0 heterocycles. The largest absolute Gasteiger partial charge is 0.497 e. The Balaban J connectivity index is 2.10. The van der Waals surface area contributed by atoms with Crippen LogP contribution in [0.5, 0.6) is 17.2 Å². The summed E-state index contributed by atoms with van der Waals surface area (Å²) in [6.07, 6.45) is 3.02. The van der Waals surface area contributed by atoms with Gasteiger partial charge in [-0.2, -0.15) is 0 Å². The first kappa shape index (κ1) is 16.4. The van der Waals surface area contributed by atoms with E-state index in [1.54, 1.807) is 70.0 Å². The van der Waals surface area contributed by atoms with Crippen LogP contribution < -0.4 is 19.5 Å². The third kappa shape index (κ3) is 4.26. The van der Waals surface area contributed by atoms with Crippen LogP contribution in [-0.4, -0.2) is 27.1 Å². The zero-order chi connectivity index (χ0) is 16.7. The molecule has 0 unspecified atom stereocenters. The molecule has 0 atom stereocenters. The van der Waals surface area contributed by atoms with E-state index in [1.807, 2.05) is 0 Å². The molecule has 0 saturated carbocycles. The molecule has 0 fully saturated rings. The lowest BCUT2D eigenvalue weighted by molar-refractivity contribution is 0.104. The van der Waals surface area contributed by atoms with Crippen molar-refractivity contribution in [3.05, 3.63) is 60.3 Å². The molecule has 0 bridgehead atoms. The molecule has 1 N–H and O–H groups in total. The van der Waals surface area contributed by atoms with Crippen molar-refractivity contribution in [1.82, 2.24) is 0 Å². The van der Waals surface area contributed by atoms with Gasteiger partial charge < -0.3 is 19.5 Å². The molecule has 2 aromatic rings. The van der Waals surface area contributed by atoms with E-state index in [2.05, 4.69) is 5.32 Å². The summed E-state index contributed by atoms with van der Waals surface area (Å²) >= 11 is 0. The SMILES string of the molecule is COc1cccc(C(=O)/C=C/Nc2cc(OC)ccc2OC)c1. The zero-order valence-electron chi connectivity index (χ0n) is 13.3. The second kappa shape index (κ2) is 7.89. The van der Waals surface area contributed by atoms with Crippen LogP contribution >= 0.6 is 0 Å². The van der Waals surface area contributed by atoms with Gasteiger partial charge in [0, 0.05) is 23.9 Å². The summed E-state index contributed by atoms with van der Waals surface area (Å²) in [5.74, 6) is 1.87. The third-order valence-electron chi connectivity index (χ3n) is 3.23. The molecule has 23 heavy (non-hydrogen) atoms. The number of ether oxygens (including phenoxy) is 3. The van der Waals surface area contributed by atoms with Crippen LogP contribution in [0.15, 0.2) is 54.7 Å². The summed E-state index contributed by atoms with van der Waals surface area (Å²) in [6, 6.07) is 12.4. The Hall–Kier alpha value is -2.95. The first-order chi connectivity index (χ1) is 11.2. The molecule has 5 nitrogen and oxygen atoms in total. The van der Waals surface area contributed by atoms with Gasteiger partial charge in [-0.1, -0.05) is 12.1 Å². The van der Waals surface area contributed by atoms with Gasteiger partial charge in [0.25, 0.3) is 0 Å². The number of methoxy groups -OCH3 is 3. The Morgan fingerprint density at radius 2 is 1.70 bits per heavy atom. The normalized spacial score (nSPS) is 10.4. The van der Waals surface area contributed by atoms with Crippen LogP contribution in [0, 0.1) is 0 Å². The van der Waals surface area contributed by atoms with Gasteiger partial charge in [-0.05, 0) is 24.3 Å². The van der Waals surface area contributed by atoms with E-state index < -0.39 is 0 Å². The van der Waals surface area contributed by atoms with Crippen LogP contribution in [-0.2, 0) is 0 Å². The van der Waals surface area contributed by atoms with Crippen molar-refractivity contribution in [3.63, 3.8) is 0 Å². The Bertz CT molecular complexity index is 710. The van der Waals surface area contributed by atoms with Crippen molar-refractivity contribution >= 4 is 11.5 Å². The van der Waals surface area contributed by atoms with Crippen LogP contribution in [0.2, 0.25) is 0 Å². The zero-order valence-corrected chi connectivity index (χ0v) is 13.3. The Kier molecular flexibility index (Phi) is 5.63. The fourth-order valence-electron chi connectivity index (χ4n) is 2.01. The van der Waals surface area contributed by atoms with Crippen LogP contribution in [0.4, 0.5) is 5.69 Å². The molecule has 0 radical (unpaired) electrons. The van der Waals surface area contributed by atoms with E-state index in [-0.39, 0.29) is 5.78 Å². The minimum atomic E-state index is -0.127. The van der Waals surface area contributed by atoms with E-state index in [1.165, 1.54) is 6.08 Å². The second-order valence-electron chi connectivity index (χ2n) is 4.64. The molecule has 0 spiro atoms. The molecule has 2 rings (SSSR count). The van der Waals surface area contributed by atoms with Gasteiger partial charge in [-0.3, -0.25) is 4.79 Å². The number of hydrogen-bond donors (Lipinski definition) is 1. The van der Waals surface area contributed by atoms with Gasteiger partial charge in [0.05, 0.1) is 27.0 Å². The van der Waals surface area contributed by atoms with Crippen LogP contribution in [0.3, 0.4) is 0 Å². The van der Waals surface area contributed by atoms with E-state index in [0.717, 1.165) is 0 Å². The standard InChI is InChI=1S/C18H19NO4/c1-21-14-6-4-5-13(11-14)17(20)9-10-19-16-12-15(22-2)7-8-18(16)23-3/h4-12,19H,1-3H3/b10-9+. The van der Waals surface area contributed by atoms with Crippen molar-refractivity contribution in [1.29, 1.82) is 0 Å². The lowest BCUT2D eigenvalue weighted by Gasteiger charge is -2.09. The molecule has 120 valence electrons. The van der Waals surface area contributed by atoms with E-state index in [4.69, 9.17) is 14.2 Å². The number of nitrogens with one attached hydrogen (secondary N) is 1. The van der Waals surface area contributed by atoms with Crippen molar-refractivity contribution in [2.45, 2.75) is 0 Å². The third-order valence-corrected chi connectivity index (χ3v) is 3.23. The van der Waals surface area contributed by atoms with Gasteiger partial charge in [-0.15, -0.1) is 0 Å². The van der Waals surface area contributed by atoms with Crippen molar-refractivity contribution in [2.75, 3.05) is 26.6 Å². The maximum Gasteiger partial charge on any atom is 0.187 e. The smallest absolute Gasteiger partial charge is 0.187 e. The lowest BCUT2D eigenvalue weighted by Crippen LogP contribution is -1.98. The predicted octanol–water partition coefficient (Wildman–Crippen LogP) is 3.52. The summed E-state index contributed by atoms with van der Waals surface area (Å²) in [5, 5.41) is 3.03. The number of anilines is 1. The Morgan fingerprint density at radius 3 is 2.39 bits per heavy atom.